The molecule has 0 saturated heterocycles. The van der Waals surface area contributed by atoms with Gasteiger partial charge in [0.2, 0.25) is 0 Å². The Morgan fingerprint density at radius 2 is 1.72 bits per heavy atom. The van der Waals surface area contributed by atoms with Crippen LogP contribution < -0.4 is 11.1 Å². The van der Waals surface area contributed by atoms with Crippen LogP contribution in [0.25, 0.3) is 33.3 Å². The molecule has 0 bridgehead atoms. The Morgan fingerprint density at radius 3 is 2.36 bits per heavy atom. The monoisotopic (exact) mass is 522 g/mol. The number of nitrogens with two attached hydrogens (primary N) is 1. The first-order valence-corrected chi connectivity index (χ1v) is 13.5. The van der Waals surface area contributed by atoms with Gasteiger partial charge in [-0.15, -0.1) is 0 Å². The number of benzene rings is 2. The summed E-state index contributed by atoms with van der Waals surface area (Å²) in [6, 6.07) is 22.1. The molecule has 2 fully saturated rings. The summed E-state index contributed by atoms with van der Waals surface area (Å²) in [4.78, 5) is 22.1. The Labute approximate surface area is 228 Å². The normalized spacial score (nSPS) is 22.8. The highest BCUT2D eigenvalue weighted by molar-refractivity contribution is 5.96. The molecule has 2 aromatic heterocycles. The quantitative estimate of drug-likeness (QED) is 0.288. The Hall–Kier alpha value is -3.97. The van der Waals surface area contributed by atoms with Gasteiger partial charge in [0.15, 0.2) is 0 Å². The molecule has 7 nitrogen and oxygen atoms in total. The third-order valence-corrected chi connectivity index (χ3v) is 7.86. The van der Waals surface area contributed by atoms with Gasteiger partial charge >= 0.3 is 6.09 Å². The van der Waals surface area contributed by atoms with Crippen LogP contribution in [0.5, 0.6) is 0 Å². The summed E-state index contributed by atoms with van der Waals surface area (Å²) < 4.78 is 5.59. The van der Waals surface area contributed by atoms with Crippen molar-refractivity contribution in [2.75, 3.05) is 5.73 Å². The minimum atomic E-state index is -0.748. The van der Waals surface area contributed by atoms with E-state index in [4.69, 9.17) is 15.5 Å². The second kappa shape index (κ2) is 9.06. The lowest BCUT2D eigenvalue weighted by Crippen LogP contribution is -2.64. The number of pyridine rings is 2. The first-order chi connectivity index (χ1) is 18.6. The van der Waals surface area contributed by atoms with E-state index in [1.807, 2.05) is 69.3 Å². The van der Waals surface area contributed by atoms with Gasteiger partial charge < -0.3 is 20.9 Å². The highest BCUT2D eigenvalue weighted by Gasteiger charge is 2.61. The third-order valence-electron chi connectivity index (χ3n) is 7.86. The third kappa shape index (κ3) is 4.83. The fourth-order valence-electron chi connectivity index (χ4n) is 5.89. The SMILES string of the molecule is CC(C)(C)OC(=O)NC1(c2ccc(-c3nc4ccnc(N)c4cc3-c3ccccc3)cc2)CC(O)(C2CC2)C1. The predicted molar refractivity (Wildman–Crippen MR) is 153 cm³/mol. The number of hydrogen-bond acceptors (Lipinski definition) is 6. The zero-order valence-corrected chi connectivity index (χ0v) is 22.6. The van der Waals surface area contributed by atoms with Gasteiger partial charge in [0.1, 0.15) is 11.4 Å². The summed E-state index contributed by atoms with van der Waals surface area (Å²) in [5, 5.41) is 15.1. The number of carbonyl (C=O) groups excluding carboxylic acids is 1. The van der Waals surface area contributed by atoms with E-state index in [9.17, 15) is 9.90 Å². The molecule has 4 N–H and O–H groups in total. The number of aliphatic hydroxyl groups is 1. The molecule has 2 heterocycles. The van der Waals surface area contributed by atoms with E-state index in [-0.39, 0.29) is 0 Å². The van der Waals surface area contributed by atoms with Crippen LogP contribution in [0.1, 0.15) is 52.0 Å². The van der Waals surface area contributed by atoms with Crippen LogP contribution >= 0.6 is 0 Å². The van der Waals surface area contributed by atoms with E-state index in [1.54, 1.807) is 6.20 Å². The summed E-state index contributed by atoms with van der Waals surface area (Å²) in [6.45, 7) is 5.54. The lowest BCUT2D eigenvalue weighted by molar-refractivity contribution is -0.118. The zero-order valence-electron chi connectivity index (χ0n) is 22.6. The van der Waals surface area contributed by atoms with E-state index in [1.165, 1.54) is 0 Å². The largest absolute Gasteiger partial charge is 0.444 e. The van der Waals surface area contributed by atoms with E-state index in [0.29, 0.717) is 24.6 Å². The number of nitrogens with zero attached hydrogens (tertiary/aromatic N) is 2. The second-order valence-electron chi connectivity index (χ2n) is 12.0. The van der Waals surface area contributed by atoms with Crippen molar-refractivity contribution < 1.29 is 14.6 Å². The van der Waals surface area contributed by atoms with E-state index < -0.39 is 22.8 Å². The van der Waals surface area contributed by atoms with Crippen molar-refractivity contribution in [3.05, 3.63) is 78.5 Å². The number of fused-ring (bicyclic) bond motifs is 1. The van der Waals surface area contributed by atoms with Crippen LogP contribution in [0.4, 0.5) is 10.6 Å². The number of alkyl carbamates (subject to hydrolysis) is 1. The summed E-state index contributed by atoms with van der Waals surface area (Å²) in [5.41, 5.74) is 9.64. The molecule has 6 rings (SSSR count). The Kier molecular flexibility index (Phi) is 5.88. The summed E-state index contributed by atoms with van der Waals surface area (Å²) in [7, 11) is 0. The first-order valence-electron chi connectivity index (χ1n) is 13.5. The molecule has 2 aromatic carbocycles. The fourth-order valence-corrected chi connectivity index (χ4v) is 5.89. The average Bonchev–Trinajstić information content (AvgIpc) is 3.73. The van der Waals surface area contributed by atoms with Gasteiger partial charge in [-0.3, -0.25) is 0 Å². The van der Waals surface area contributed by atoms with Crippen molar-refractivity contribution >= 4 is 22.8 Å². The topological polar surface area (TPSA) is 110 Å². The number of hydrogen-bond donors (Lipinski definition) is 3. The van der Waals surface area contributed by atoms with Gasteiger partial charge in [0.05, 0.1) is 22.4 Å². The lowest BCUT2D eigenvalue weighted by atomic mass is 9.59. The average molecular weight is 523 g/mol. The van der Waals surface area contributed by atoms with E-state index in [2.05, 4.69) is 28.5 Å². The van der Waals surface area contributed by atoms with Gasteiger partial charge in [0.25, 0.3) is 0 Å². The van der Waals surface area contributed by atoms with Gasteiger partial charge in [-0.05, 0) is 62.8 Å². The summed E-state index contributed by atoms with van der Waals surface area (Å²) in [5.74, 6) is 0.755. The van der Waals surface area contributed by atoms with Gasteiger partial charge in [-0.1, -0.05) is 54.6 Å². The van der Waals surface area contributed by atoms with Gasteiger partial charge in [0, 0.05) is 35.6 Å². The highest BCUT2D eigenvalue weighted by Crippen LogP contribution is 2.58. The molecule has 1 amide bonds. The van der Waals surface area contributed by atoms with E-state index in [0.717, 1.165) is 51.7 Å². The molecule has 39 heavy (non-hydrogen) atoms. The molecule has 4 aromatic rings. The number of rotatable bonds is 5. The number of amides is 1. The van der Waals surface area contributed by atoms with Crippen molar-refractivity contribution in [1.29, 1.82) is 0 Å². The van der Waals surface area contributed by atoms with Crippen molar-refractivity contribution in [2.24, 2.45) is 5.92 Å². The number of anilines is 1. The summed E-state index contributed by atoms with van der Waals surface area (Å²) >= 11 is 0. The number of nitrogens with one attached hydrogen (secondary N) is 1. The van der Waals surface area contributed by atoms with Gasteiger partial charge in [-0.2, -0.15) is 0 Å². The lowest BCUT2D eigenvalue weighted by Gasteiger charge is -2.54. The maximum absolute atomic E-state index is 12.8. The first kappa shape index (κ1) is 25.3. The molecule has 200 valence electrons. The van der Waals surface area contributed by atoms with Crippen molar-refractivity contribution in [1.82, 2.24) is 15.3 Å². The van der Waals surface area contributed by atoms with E-state index >= 15 is 0 Å². The standard InChI is InChI=1S/C32H34N4O3/c1-30(2,3)39-29(37)36-31(18-32(38,19-31)23-13-14-23)22-11-9-21(10-12-22)27-24(20-7-5-4-6-8-20)17-25-26(35-27)15-16-34-28(25)33/h4-12,15-17,23,38H,13-14,18-19H2,1-3H3,(H2,33,34)(H,36,37). The molecule has 0 unspecified atom stereocenters. The molecule has 0 atom stereocenters. The zero-order chi connectivity index (χ0) is 27.4. The van der Waals surface area contributed by atoms with Crippen LogP contribution in [0.15, 0.2) is 72.9 Å². The van der Waals surface area contributed by atoms with Crippen LogP contribution in [0.2, 0.25) is 0 Å². The van der Waals surface area contributed by atoms with Crippen molar-refractivity contribution in [3.8, 4) is 22.4 Å². The minimum Gasteiger partial charge on any atom is -0.444 e. The van der Waals surface area contributed by atoms with Gasteiger partial charge in [-0.25, -0.2) is 14.8 Å². The van der Waals surface area contributed by atoms with Crippen molar-refractivity contribution in [3.63, 3.8) is 0 Å². The maximum atomic E-state index is 12.8. The Morgan fingerprint density at radius 1 is 1.03 bits per heavy atom. The van der Waals surface area contributed by atoms with Crippen LogP contribution in [0.3, 0.4) is 0 Å². The molecule has 2 saturated carbocycles. The summed E-state index contributed by atoms with van der Waals surface area (Å²) in [6.07, 6.45) is 4.21. The second-order valence-corrected chi connectivity index (χ2v) is 12.0. The number of ether oxygens (including phenoxy) is 1. The Bertz CT molecular complexity index is 1530. The highest BCUT2D eigenvalue weighted by atomic mass is 16.6. The molecule has 7 heteroatoms. The molecule has 0 aliphatic heterocycles. The fraction of sp³-hybridized carbons (Fsp3) is 0.344. The Balaban J connectivity index is 1.38. The maximum Gasteiger partial charge on any atom is 0.408 e. The molecule has 0 radical (unpaired) electrons. The molecule has 0 spiro atoms. The predicted octanol–water partition coefficient (Wildman–Crippen LogP) is 6.20. The number of nitrogen functional groups attached to an aromatic ring is 1. The van der Waals surface area contributed by atoms with Crippen molar-refractivity contribution in [2.45, 2.75) is 63.2 Å². The smallest absolute Gasteiger partial charge is 0.408 e. The minimum absolute atomic E-state index is 0.308. The van der Waals surface area contributed by atoms with Crippen LogP contribution in [-0.4, -0.2) is 32.4 Å². The van der Waals surface area contributed by atoms with Crippen LogP contribution in [-0.2, 0) is 10.3 Å². The molecular weight excluding hydrogens is 488 g/mol. The molecule has 2 aliphatic carbocycles. The van der Waals surface area contributed by atoms with Crippen LogP contribution in [0, 0.1) is 5.92 Å². The molecule has 2 aliphatic rings. The molecular formula is C32H34N4O3. The number of carbonyl (C=O) groups is 1. The number of aromatic nitrogens is 2.